The van der Waals surface area contributed by atoms with Gasteiger partial charge in [0.15, 0.2) is 5.82 Å². The predicted octanol–water partition coefficient (Wildman–Crippen LogP) is 1.72. The van der Waals surface area contributed by atoms with Gasteiger partial charge in [-0.15, -0.1) is 0 Å². The molecule has 0 saturated carbocycles. The fourth-order valence-electron chi connectivity index (χ4n) is 0.949. The minimum absolute atomic E-state index is 0.0184. The molecular weight excluding hydrogens is 288 g/mol. The summed E-state index contributed by atoms with van der Waals surface area (Å²) in [6.45, 7) is 3.95. The van der Waals surface area contributed by atoms with E-state index < -0.39 is 16.3 Å². The van der Waals surface area contributed by atoms with Gasteiger partial charge in [0.25, 0.3) is 0 Å². The molecule has 0 saturated heterocycles. The first kappa shape index (κ1) is 13.5. The Morgan fingerprint density at radius 2 is 2.19 bits per heavy atom. The van der Waals surface area contributed by atoms with Crippen molar-refractivity contribution in [3.05, 3.63) is 11.7 Å². The highest BCUT2D eigenvalue weighted by molar-refractivity contribution is 9.09. The van der Waals surface area contributed by atoms with Crippen LogP contribution in [0.2, 0.25) is 0 Å². The fraction of sp³-hybridized carbons (Fsp3) is 0.750. The number of aromatic nitrogens is 2. The first-order chi connectivity index (χ1) is 7.27. The van der Waals surface area contributed by atoms with Gasteiger partial charge in [-0.1, -0.05) is 5.16 Å². The summed E-state index contributed by atoms with van der Waals surface area (Å²) in [5.41, 5.74) is 4.75. The van der Waals surface area contributed by atoms with Crippen LogP contribution in [0, 0.1) is 0 Å². The maximum Gasteiger partial charge on any atom is 0.378 e. The molecule has 1 aromatic rings. The average Bonchev–Trinajstić information content (AvgIpc) is 2.63. The van der Waals surface area contributed by atoms with Crippen LogP contribution in [0.1, 0.15) is 25.6 Å². The zero-order valence-electron chi connectivity index (χ0n) is 8.84. The quantitative estimate of drug-likeness (QED) is 0.838. The van der Waals surface area contributed by atoms with E-state index in [2.05, 4.69) is 30.6 Å². The van der Waals surface area contributed by atoms with Crippen molar-refractivity contribution in [2.75, 3.05) is 13.2 Å². The largest absolute Gasteiger partial charge is 0.379 e. The van der Waals surface area contributed by atoms with Gasteiger partial charge < -0.3 is 15.0 Å². The van der Waals surface area contributed by atoms with Crippen molar-refractivity contribution < 1.29 is 18.0 Å². The number of rotatable bonds is 5. The number of nitrogens with zero attached hydrogens (tertiary/aromatic N) is 2. The topological polar surface area (TPSA) is 74.2 Å². The lowest BCUT2D eigenvalue weighted by Gasteiger charge is -2.19. The van der Waals surface area contributed by atoms with E-state index in [0.29, 0.717) is 6.61 Å². The zero-order chi connectivity index (χ0) is 12.4. The molecule has 1 heterocycles. The van der Waals surface area contributed by atoms with Gasteiger partial charge in [-0.05, 0) is 13.8 Å². The van der Waals surface area contributed by atoms with E-state index >= 15 is 0 Å². The van der Waals surface area contributed by atoms with Crippen LogP contribution in [-0.4, -0.2) is 23.4 Å². The highest BCUT2D eigenvalue weighted by atomic mass is 79.9. The molecule has 8 heteroatoms. The Hall–Kier alpha value is -0.600. The van der Waals surface area contributed by atoms with Crippen LogP contribution in [0.5, 0.6) is 0 Å². The first-order valence-electron chi connectivity index (χ1n) is 4.55. The third-order valence-electron chi connectivity index (χ3n) is 1.79. The second kappa shape index (κ2) is 4.72. The minimum Gasteiger partial charge on any atom is -0.379 e. The molecule has 1 atom stereocenters. The Morgan fingerprint density at radius 3 is 2.62 bits per heavy atom. The third kappa shape index (κ3) is 3.19. The Bertz CT molecular complexity index is 351. The van der Waals surface area contributed by atoms with Crippen LogP contribution in [0.3, 0.4) is 0 Å². The maximum absolute atomic E-state index is 12.8. The van der Waals surface area contributed by atoms with Gasteiger partial charge in [0.05, 0.1) is 6.61 Å². The van der Waals surface area contributed by atoms with Gasteiger partial charge >= 0.3 is 10.7 Å². The van der Waals surface area contributed by atoms with E-state index in [-0.39, 0.29) is 12.4 Å². The number of ether oxygens (including phenoxy) is 1. The van der Waals surface area contributed by atoms with Crippen molar-refractivity contribution >= 4 is 15.9 Å². The standard InChI is InChI=1S/C8H12BrF2N3O2/c1-3-15-4-7(2,12)5-13-6(16-14-5)8(9,10)11/h3-4,12H2,1-2H3. The molecule has 0 aliphatic rings. The Kier molecular flexibility index (Phi) is 3.97. The van der Waals surface area contributed by atoms with Gasteiger partial charge in [0.2, 0.25) is 0 Å². The molecule has 0 amide bonds. The lowest BCUT2D eigenvalue weighted by molar-refractivity contribution is 0.0724. The van der Waals surface area contributed by atoms with Crippen molar-refractivity contribution in [2.45, 2.75) is 24.2 Å². The highest BCUT2D eigenvalue weighted by Gasteiger charge is 2.37. The average molecular weight is 300 g/mol. The number of hydrogen-bond acceptors (Lipinski definition) is 5. The third-order valence-corrected chi connectivity index (χ3v) is 2.12. The summed E-state index contributed by atoms with van der Waals surface area (Å²) in [5, 5.41) is 3.41. The van der Waals surface area contributed by atoms with E-state index in [0.717, 1.165) is 0 Å². The highest BCUT2D eigenvalue weighted by Crippen LogP contribution is 2.33. The van der Waals surface area contributed by atoms with Gasteiger partial charge in [0, 0.05) is 22.5 Å². The molecule has 1 aromatic heterocycles. The number of halogens is 3. The smallest absolute Gasteiger partial charge is 0.378 e. The summed E-state index contributed by atoms with van der Waals surface area (Å²) in [7, 11) is 0. The molecule has 0 radical (unpaired) electrons. The number of alkyl halides is 3. The second-order valence-corrected chi connectivity index (χ2v) is 4.47. The first-order valence-corrected chi connectivity index (χ1v) is 5.34. The van der Waals surface area contributed by atoms with Crippen molar-refractivity contribution in [3.8, 4) is 0 Å². The number of hydrogen-bond donors (Lipinski definition) is 1. The second-order valence-electron chi connectivity index (χ2n) is 3.48. The molecule has 0 aromatic carbocycles. The van der Waals surface area contributed by atoms with Crippen LogP contribution >= 0.6 is 15.9 Å². The minimum atomic E-state index is -3.35. The van der Waals surface area contributed by atoms with E-state index in [1.807, 2.05) is 0 Å². The van der Waals surface area contributed by atoms with Crippen LogP contribution in [0.15, 0.2) is 4.52 Å². The fourth-order valence-corrected chi connectivity index (χ4v) is 1.11. The van der Waals surface area contributed by atoms with E-state index in [9.17, 15) is 8.78 Å². The molecule has 1 rings (SSSR count). The summed E-state index contributed by atoms with van der Waals surface area (Å²) in [5.74, 6) is -0.842. The van der Waals surface area contributed by atoms with Crippen molar-refractivity contribution in [2.24, 2.45) is 5.73 Å². The molecular formula is C8H12BrF2N3O2. The molecule has 0 aliphatic carbocycles. The molecule has 16 heavy (non-hydrogen) atoms. The van der Waals surface area contributed by atoms with Crippen LogP contribution in [0.25, 0.3) is 0 Å². The van der Waals surface area contributed by atoms with Gasteiger partial charge in [0.1, 0.15) is 5.54 Å². The molecule has 92 valence electrons. The summed E-state index contributed by atoms with van der Waals surface area (Å²) >= 11 is 2.12. The molecule has 0 fully saturated rings. The lowest BCUT2D eigenvalue weighted by atomic mass is 10.1. The van der Waals surface area contributed by atoms with E-state index in [1.165, 1.54) is 0 Å². The van der Waals surface area contributed by atoms with Gasteiger partial charge in [-0.2, -0.15) is 13.8 Å². The Labute approximate surface area is 99.5 Å². The van der Waals surface area contributed by atoms with Crippen LogP contribution in [0.4, 0.5) is 8.78 Å². The molecule has 5 nitrogen and oxygen atoms in total. The van der Waals surface area contributed by atoms with Crippen LogP contribution in [-0.2, 0) is 15.1 Å². The van der Waals surface area contributed by atoms with Crippen molar-refractivity contribution in [3.63, 3.8) is 0 Å². The summed E-state index contributed by atoms with van der Waals surface area (Å²) in [6, 6.07) is 0. The van der Waals surface area contributed by atoms with Crippen LogP contribution < -0.4 is 5.73 Å². The molecule has 0 aliphatic heterocycles. The predicted molar refractivity (Wildman–Crippen MR) is 55.2 cm³/mol. The van der Waals surface area contributed by atoms with Crippen molar-refractivity contribution in [1.82, 2.24) is 10.1 Å². The summed E-state index contributed by atoms with van der Waals surface area (Å²) in [6.07, 6.45) is 0. The Balaban J connectivity index is 2.84. The monoisotopic (exact) mass is 299 g/mol. The molecule has 2 N–H and O–H groups in total. The lowest BCUT2D eigenvalue weighted by Crippen LogP contribution is -2.39. The van der Waals surface area contributed by atoms with Gasteiger partial charge in [-0.3, -0.25) is 0 Å². The maximum atomic E-state index is 12.8. The zero-order valence-corrected chi connectivity index (χ0v) is 10.4. The van der Waals surface area contributed by atoms with E-state index in [1.54, 1.807) is 13.8 Å². The van der Waals surface area contributed by atoms with Gasteiger partial charge in [-0.25, -0.2) is 0 Å². The molecule has 0 bridgehead atoms. The normalized spacial score (nSPS) is 16.1. The molecule has 0 spiro atoms. The number of nitrogens with two attached hydrogens (primary N) is 1. The SMILES string of the molecule is CCOCC(C)(N)c1noc(C(F)(F)Br)n1. The van der Waals surface area contributed by atoms with E-state index in [4.69, 9.17) is 10.5 Å². The van der Waals surface area contributed by atoms with Crippen molar-refractivity contribution in [1.29, 1.82) is 0 Å². The molecule has 1 unspecified atom stereocenters. The summed E-state index contributed by atoms with van der Waals surface area (Å²) in [4.78, 5) is 0.179. The Morgan fingerprint density at radius 1 is 1.56 bits per heavy atom. The summed E-state index contributed by atoms with van der Waals surface area (Å²) < 4.78 is 35.0.